The molecule has 1 aromatic carbocycles. The molecule has 7 heteroatoms. The highest BCUT2D eigenvalue weighted by Gasteiger charge is 2.79. The van der Waals surface area contributed by atoms with Crippen LogP contribution in [0.15, 0.2) is 54.4 Å². The molecule has 3 aliphatic carbocycles. The van der Waals surface area contributed by atoms with E-state index in [1.165, 1.54) is 11.1 Å². The molecule has 3 fully saturated rings. The molecule has 2 bridgehead atoms. The number of halogens is 1. The highest BCUT2D eigenvalue weighted by atomic mass is 19.1. The minimum Gasteiger partial charge on any atom is -0.389 e. The van der Waals surface area contributed by atoms with Crippen LogP contribution < -0.4 is 0 Å². The molecule has 3 heterocycles. The van der Waals surface area contributed by atoms with Gasteiger partial charge in [-0.25, -0.2) is 4.39 Å². The summed E-state index contributed by atoms with van der Waals surface area (Å²) in [6.07, 6.45) is 6.05. The van der Waals surface area contributed by atoms with Gasteiger partial charge in [0.05, 0.1) is 11.7 Å². The van der Waals surface area contributed by atoms with Gasteiger partial charge in [-0.2, -0.15) is 0 Å². The van der Waals surface area contributed by atoms with Crippen molar-refractivity contribution < 1.29 is 24.4 Å². The van der Waals surface area contributed by atoms with Gasteiger partial charge in [-0.15, -0.1) is 0 Å². The van der Waals surface area contributed by atoms with Crippen LogP contribution in [0.4, 0.5) is 4.39 Å². The lowest BCUT2D eigenvalue weighted by molar-refractivity contribution is -0.308. The molecule has 196 valence electrons. The number of benzene rings is 1. The van der Waals surface area contributed by atoms with Crippen molar-refractivity contribution in [1.29, 1.82) is 0 Å². The van der Waals surface area contributed by atoms with Crippen LogP contribution in [0.5, 0.6) is 0 Å². The molecule has 0 amide bonds. The van der Waals surface area contributed by atoms with E-state index in [4.69, 9.17) is 4.74 Å². The van der Waals surface area contributed by atoms with Crippen LogP contribution in [0.25, 0.3) is 16.3 Å². The highest BCUT2D eigenvalue weighted by Crippen LogP contribution is 2.70. The van der Waals surface area contributed by atoms with Gasteiger partial charge in [0.2, 0.25) is 0 Å². The minimum absolute atomic E-state index is 0.0347. The SMILES string of the molecule is CN(C)[C@H]1C[C@@]23CC[C@@]4(O2)C(=CC[C@]2(C)C(c5cccc6cnccc56)=CCC24)C(O)C3(F)[C@@H](O)[C@@H]1O. The maximum Gasteiger partial charge on any atom is 0.197 e. The van der Waals surface area contributed by atoms with E-state index in [2.05, 4.69) is 42.2 Å². The van der Waals surface area contributed by atoms with Gasteiger partial charge >= 0.3 is 0 Å². The number of nitrogens with zero attached hydrogens (tertiary/aromatic N) is 2. The Morgan fingerprint density at radius 3 is 2.70 bits per heavy atom. The normalized spacial score (nSPS) is 46.3. The number of rotatable bonds is 2. The first-order valence-electron chi connectivity index (χ1n) is 13.4. The minimum atomic E-state index is -2.46. The summed E-state index contributed by atoms with van der Waals surface area (Å²) in [5.41, 5.74) is -1.87. The Morgan fingerprint density at radius 1 is 1.11 bits per heavy atom. The standard InChI is InChI=1S/C30H35FN2O4/c1-27-11-9-21-25(35)30(31)26(36)24(34)22(33(2)3)15-28(30)12-13-29(21,37-28)23(27)8-7-20(27)19-6-4-5-17-16-32-14-10-18(17)19/h4-7,9-10,14,16,22-26,34-36H,8,11-13,15H2,1-3H3/t22-,23?,24+,25?,26-,27+,28+,29+,30?/m0/s1. The van der Waals surface area contributed by atoms with Gasteiger partial charge in [0, 0.05) is 35.2 Å². The second kappa shape index (κ2) is 7.48. The van der Waals surface area contributed by atoms with Crippen LogP contribution in [-0.2, 0) is 4.74 Å². The summed E-state index contributed by atoms with van der Waals surface area (Å²) in [6, 6.07) is 7.90. The zero-order valence-corrected chi connectivity index (χ0v) is 21.6. The molecule has 3 unspecified atom stereocenters. The topological polar surface area (TPSA) is 86.1 Å². The molecule has 6 nitrogen and oxygen atoms in total. The van der Waals surface area contributed by atoms with Crippen molar-refractivity contribution >= 4 is 16.3 Å². The number of hydrogen-bond acceptors (Lipinski definition) is 6. The molecular weight excluding hydrogens is 471 g/mol. The van der Waals surface area contributed by atoms with E-state index in [9.17, 15) is 15.3 Å². The molecule has 1 saturated carbocycles. The van der Waals surface area contributed by atoms with Crippen LogP contribution >= 0.6 is 0 Å². The van der Waals surface area contributed by atoms with Crippen LogP contribution in [-0.4, -0.2) is 80.5 Å². The Hall–Kier alpha value is -2.16. The third kappa shape index (κ3) is 2.69. The number of aliphatic hydroxyl groups excluding tert-OH is 3. The molecule has 2 aliphatic heterocycles. The quantitative estimate of drug-likeness (QED) is 0.542. The summed E-state index contributed by atoms with van der Waals surface area (Å²) in [5.74, 6) is 0.0347. The fourth-order valence-corrected chi connectivity index (χ4v) is 8.86. The smallest absolute Gasteiger partial charge is 0.197 e. The van der Waals surface area contributed by atoms with Crippen molar-refractivity contribution in [3.63, 3.8) is 0 Å². The highest BCUT2D eigenvalue weighted by molar-refractivity contribution is 5.95. The molecule has 2 spiro atoms. The van der Waals surface area contributed by atoms with Gasteiger partial charge in [0.25, 0.3) is 0 Å². The lowest BCUT2D eigenvalue weighted by Gasteiger charge is -2.62. The van der Waals surface area contributed by atoms with Crippen molar-refractivity contribution in [3.05, 3.63) is 59.9 Å². The Morgan fingerprint density at radius 2 is 1.92 bits per heavy atom. The van der Waals surface area contributed by atoms with Gasteiger partial charge in [0.15, 0.2) is 5.67 Å². The molecule has 2 aromatic rings. The van der Waals surface area contributed by atoms with Crippen LogP contribution in [0.2, 0.25) is 0 Å². The van der Waals surface area contributed by atoms with E-state index in [1.54, 1.807) is 0 Å². The fraction of sp³-hybridized carbons (Fsp3) is 0.567. The second-order valence-electron chi connectivity index (χ2n) is 12.4. The molecule has 0 radical (unpaired) electrons. The molecular formula is C30H35FN2O4. The summed E-state index contributed by atoms with van der Waals surface area (Å²) < 4.78 is 24.0. The van der Waals surface area contributed by atoms with E-state index in [-0.39, 0.29) is 17.8 Å². The van der Waals surface area contributed by atoms with Crippen LogP contribution in [0.3, 0.4) is 0 Å². The zero-order valence-electron chi connectivity index (χ0n) is 21.6. The van der Waals surface area contributed by atoms with Crippen molar-refractivity contribution in [1.82, 2.24) is 9.88 Å². The Balaban J connectivity index is 1.35. The molecule has 5 aliphatic rings. The van der Waals surface area contributed by atoms with E-state index in [0.717, 1.165) is 17.2 Å². The van der Waals surface area contributed by atoms with Crippen LogP contribution in [0, 0.1) is 11.3 Å². The monoisotopic (exact) mass is 506 g/mol. The molecule has 2 saturated heterocycles. The number of aliphatic hydroxyl groups is 3. The second-order valence-corrected chi connectivity index (χ2v) is 12.4. The summed E-state index contributed by atoms with van der Waals surface area (Å²) in [6.45, 7) is 2.28. The lowest BCUT2D eigenvalue weighted by Crippen LogP contribution is -2.78. The van der Waals surface area contributed by atoms with Crippen LogP contribution in [0.1, 0.15) is 44.6 Å². The molecule has 3 N–H and O–H groups in total. The lowest BCUT2D eigenvalue weighted by atomic mass is 9.55. The average molecular weight is 507 g/mol. The Bertz CT molecular complexity index is 1350. The number of allylic oxidation sites excluding steroid dienone is 3. The maximum atomic E-state index is 17.0. The number of ether oxygens (including phenoxy) is 1. The first-order chi connectivity index (χ1) is 17.6. The van der Waals surface area contributed by atoms with Gasteiger partial charge in [-0.3, -0.25) is 4.98 Å². The van der Waals surface area contributed by atoms with E-state index < -0.39 is 41.2 Å². The van der Waals surface area contributed by atoms with Gasteiger partial charge < -0.3 is 25.0 Å². The zero-order chi connectivity index (χ0) is 26.0. The van der Waals surface area contributed by atoms with Crippen molar-refractivity contribution in [2.45, 2.75) is 80.3 Å². The summed E-state index contributed by atoms with van der Waals surface area (Å²) in [4.78, 5) is 6.11. The number of hydrogen-bond donors (Lipinski definition) is 3. The van der Waals surface area contributed by atoms with Crippen molar-refractivity contribution in [2.75, 3.05) is 14.1 Å². The van der Waals surface area contributed by atoms with Gasteiger partial charge in [-0.05, 0) is 74.4 Å². The predicted molar refractivity (Wildman–Crippen MR) is 138 cm³/mol. The van der Waals surface area contributed by atoms with E-state index in [0.29, 0.717) is 24.8 Å². The third-order valence-electron chi connectivity index (χ3n) is 10.7. The van der Waals surface area contributed by atoms with E-state index >= 15 is 4.39 Å². The number of likely N-dealkylation sites (N-methyl/N-ethyl adjacent to an activating group) is 1. The van der Waals surface area contributed by atoms with Crippen molar-refractivity contribution in [2.24, 2.45) is 11.3 Å². The summed E-state index contributed by atoms with van der Waals surface area (Å²) in [7, 11) is 3.64. The fourth-order valence-electron chi connectivity index (χ4n) is 8.86. The molecule has 9 atom stereocenters. The van der Waals surface area contributed by atoms with Gasteiger partial charge in [0.1, 0.15) is 17.8 Å². The number of aromatic nitrogens is 1. The largest absolute Gasteiger partial charge is 0.389 e. The maximum absolute atomic E-state index is 17.0. The Kier molecular flexibility index (Phi) is 4.84. The number of alkyl halides is 1. The molecule has 1 aromatic heterocycles. The molecule has 7 rings (SSSR count). The summed E-state index contributed by atoms with van der Waals surface area (Å²) >= 11 is 0. The first kappa shape index (κ1) is 23.9. The number of fused-ring (bicyclic) bond motifs is 2. The van der Waals surface area contributed by atoms with E-state index in [1.807, 2.05) is 37.5 Å². The summed E-state index contributed by atoms with van der Waals surface area (Å²) in [5, 5.41) is 35.9. The molecule has 37 heavy (non-hydrogen) atoms. The third-order valence-corrected chi connectivity index (χ3v) is 10.7. The Labute approximate surface area is 216 Å². The average Bonchev–Trinajstić information content (AvgIpc) is 3.42. The predicted octanol–water partition coefficient (Wildman–Crippen LogP) is 3.40. The number of pyridine rings is 1. The van der Waals surface area contributed by atoms with Gasteiger partial charge in [-0.1, -0.05) is 37.3 Å². The first-order valence-corrected chi connectivity index (χ1v) is 13.4. The van der Waals surface area contributed by atoms with Crippen molar-refractivity contribution in [3.8, 4) is 0 Å².